The van der Waals surface area contributed by atoms with Crippen molar-refractivity contribution in [3.05, 3.63) is 59.2 Å². The van der Waals surface area contributed by atoms with Gasteiger partial charge in [0, 0.05) is 24.6 Å². The predicted molar refractivity (Wildman–Crippen MR) is 122 cm³/mol. The summed E-state index contributed by atoms with van der Waals surface area (Å²) in [4.78, 5) is 13.3. The fourth-order valence-electron chi connectivity index (χ4n) is 3.57. The van der Waals surface area contributed by atoms with Crippen molar-refractivity contribution < 1.29 is 40.0 Å². The second-order valence-corrected chi connectivity index (χ2v) is 10.9. The normalized spacial score (nSPS) is 15.9. The SMILES string of the molecule is COc1cc(C(OS(=O)(=O)c2ccc(C)cc2)C(F)(F)F)ccc1C1CN(C(=O)OC(C)(C)C)C1. The summed E-state index contributed by atoms with van der Waals surface area (Å²) in [5.41, 5.74) is 0.279. The number of hydrogen-bond acceptors (Lipinski definition) is 6. The van der Waals surface area contributed by atoms with Gasteiger partial charge in [0.05, 0.1) is 12.0 Å². The van der Waals surface area contributed by atoms with Crippen molar-refractivity contribution in [3.63, 3.8) is 0 Å². The number of carbonyl (C=O) groups excluding carboxylic acids is 1. The Morgan fingerprint density at radius 2 is 1.66 bits per heavy atom. The molecule has 1 fully saturated rings. The lowest BCUT2D eigenvalue weighted by atomic mass is 9.89. The summed E-state index contributed by atoms with van der Waals surface area (Å²) in [6.07, 6.45) is -8.21. The number of methoxy groups -OCH3 is 1. The number of nitrogens with zero attached hydrogens (tertiary/aromatic N) is 1. The van der Waals surface area contributed by atoms with Crippen LogP contribution in [0.3, 0.4) is 0 Å². The number of aryl methyl sites for hydroxylation is 1. The van der Waals surface area contributed by atoms with Crippen LogP contribution in [0.1, 0.15) is 49.5 Å². The van der Waals surface area contributed by atoms with E-state index in [0.29, 0.717) is 18.7 Å². The van der Waals surface area contributed by atoms with Crippen LogP contribution >= 0.6 is 0 Å². The van der Waals surface area contributed by atoms with Gasteiger partial charge in [-0.3, -0.25) is 0 Å². The Bertz CT molecular complexity index is 1170. The quantitative estimate of drug-likeness (QED) is 0.483. The van der Waals surface area contributed by atoms with Crippen LogP contribution in [-0.2, 0) is 19.0 Å². The number of carbonyl (C=O) groups is 1. The van der Waals surface area contributed by atoms with E-state index in [4.69, 9.17) is 9.47 Å². The molecule has 1 saturated heterocycles. The zero-order chi connectivity index (χ0) is 26.2. The van der Waals surface area contributed by atoms with Crippen LogP contribution in [0.5, 0.6) is 5.75 Å². The Labute approximate surface area is 202 Å². The molecule has 0 spiro atoms. The number of hydrogen-bond donors (Lipinski definition) is 0. The van der Waals surface area contributed by atoms with Crippen LogP contribution in [0.25, 0.3) is 0 Å². The van der Waals surface area contributed by atoms with E-state index >= 15 is 0 Å². The molecule has 1 amide bonds. The van der Waals surface area contributed by atoms with Gasteiger partial charge in [-0.25, -0.2) is 8.98 Å². The highest BCUT2D eigenvalue weighted by Gasteiger charge is 2.46. The lowest BCUT2D eigenvalue weighted by Gasteiger charge is -2.40. The molecule has 1 aliphatic rings. The summed E-state index contributed by atoms with van der Waals surface area (Å²) in [6, 6.07) is 9.03. The zero-order valence-electron chi connectivity index (χ0n) is 20.0. The molecule has 2 aromatic rings. The van der Waals surface area contributed by atoms with Gasteiger partial charge in [-0.1, -0.05) is 29.8 Å². The average molecular weight is 516 g/mol. The highest BCUT2D eigenvalue weighted by Crippen LogP contribution is 2.42. The Hall–Kier alpha value is -2.79. The standard InChI is InChI=1S/C24H28F3NO6S/c1-15-6-9-18(10-7-15)35(30,31)34-21(24(25,26)27)16-8-11-19(20(12-16)32-5)17-13-28(14-17)22(29)33-23(2,3)4/h6-12,17,21H,13-14H2,1-5H3. The van der Waals surface area contributed by atoms with E-state index in [2.05, 4.69) is 4.18 Å². The summed E-state index contributed by atoms with van der Waals surface area (Å²) in [5, 5.41) is 0. The number of ether oxygens (including phenoxy) is 2. The van der Waals surface area contributed by atoms with Crippen LogP contribution in [-0.4, -0.2) is 51.4 Å². The molecule has 7 nitrogen and oxygen atoms in total. The minimum absolute atomic E-state index is 0.141. The second-order valence-electron chi connectivity index (χ2n) is 9.37. The van der Waals surface area contributed by atoms with Crippen LogP contribution in [0, 0.1) is 6.92 Å². The largest absolute Gasteiger partial charge is 0.496 e. The van der Waals surface area contributed by atoms with Gasteiger partial charge in [-0.15, -0.1) is 0 Å². The van der Waals surface area contributed by atoms with E-state index < -0.39 is 39.7 Å². The van der Waals surface area contributed by atoms with Gasteiger partial charge in [0.1, 0.15) is 11.4 Å². The lowest BCUT2D eigenvalue weighted by molar-refractivity contribution is -0.196. The molecule has 1 atom stereocenters. The molecular formula is C24H28F3NO6S. The van der Waals surface area contributed by atoms with Gasteiger partial charge in [0.2, 0.25) is 0 Å². The van der Waals surface area contributed by atoms with Crippen molar-refractivity contribution in [1.82, 2.24) is 4.90 Å². The topological polar surface area (TPSA) is 82.1 Å². The van der Waals surface area contributed by atoms with Gasteiger partial charge in [0.15, 0.2) is 6.10 Å². The molecule has 11 heteroatoms. The van der Waals surface area contributed by atoms with Crippen LogP contribution in [0.4, 0.5) is 18.0 Å². The first kappa shape index (κ1) is 26.8. The first-order valence-corrected chi connectivity index (χ1v) is 12.2. The van der Waals surface area contributed by atoms with Crippen molar-refractivity contribution in [2.45, 2.75) is 56.4 Å². The van der Waals surface area contributed by atoms with Crippen molar-refractivity contribution in [1.29, 1.82) is 0 Å². The maximum Gasteiger partial charge on any atom is 0.420 e. The molecule has 0 aliphatic carbocycles. The minimum atomic E-state index is -5.01. The molecule has 0 bridgehead atoms. The molecule has 3 rings (SSSR count). The summed E-state index contributed by atoms with van der Waals surface area (Å²) in [6.45, 7) is 7.60. The van der Waals surface area contributed by atoms with Gasteiger partial charge >= 0.3 is 12.3 Å². The maximum atomic E-state index is 13.9. The van der Waals surface area contributed by atoms with E-state index in [-0.39, 0.29) is 16.6 Å². The maximum absolute atomic E-state index is 13.9. The van der Waals surface area contributed by atoms with Crippen molar-refractivity contribution in [2.24, 2.45) is 0 Å². The first-order valence-electron chi connectivity index (χ1n) is 10.8. The first-order chi connectivity index (χ1) is 16.1. The molecule has 1 heterocycles. The Kier molecular flexibility index (Phi) is 7.42. The molecule has 0 aromatic heterocycles. The third kappa shape index (κ3) is 6.46. The summed E-state index contributed by atoms with van der Waals surface area (Å²) >= 11 is 0. The molecular weight excluding hydrogens is 487 g/mol. The van der Waals surface area contributed by atoms with E-state index in [1.807, 2.05) is 0 Å². The van der Waals surface area contributed by atoms with Crippen LogP contribution in [0.15, 0.2) is 47.4 Å². The van der Waals surface area contributed by atoms with E-state index in [1.165, 1.54) is 42.3 Å². The highest BCUT2D eigenvalue weighted by molar-refractivity contribution is 7.86. The second kappa shape index (κ2) is 9.69. The van der Waals surface area contributed by atoms with Crippen LogP contribution in [0.2, 0.25) is 0 Å². The van der Waals surface area contributed by atoms with Gasteiger partial charge < -0.3 is 14.4 Å². The molecule has 1 unspecified atom stereocenters. The lowest BCUT2D eigenvalue weighted by Crippen LogP contribution is -2.50. The van der Waals surface area contributed by atoms with E-state index in [9.17, 15) is 26.4 Å². The summed E-state index contributed by atoms with van der Waals surface area (Å²) in [5.74, 6) is -0.0324. The zero-order valence-corrected chi connectivity index (χ0v) is 20.9. The van der Waals surface area contributed by atoms with E-state index in [1.54, 1.807) is 27.7 Å². The number of benzene rings is 2. The summed E-state index contributed by atoms with van der Waals surface area (Å²) in [7, 11) is -3.39. The van der Waals surface area contributed by atoms with Crippen molar-refractivity contribution in [3.8, 4) is 5.75 Å². The Morgan fingerprint density at radius 3 is 2.17 bits per heavy atom. The Morgan fingerprint density at radius 1 is 1.06 bits per heavy atom. The smallest absolute Gasteiger partial charge is 0.420 e. The van der Waals surface area contributed by atoms with E-state index in [0.717, 1.165) is 17.7 Å². The molecule has 192 valence electrons. The predicted octanol–water partition coefficient (Wildman–Crippen LogP) is 5.35. The average Bonchev–Trinajstić information content (AvgIpc) is 2.69. The van der Waals surface area contributed by atoms with Gasteiger partial charge in [-0.05, 0) is 51.5 Å². The molecule has 1 aliphatic heterocycles. The molecule has 35 heavy (non-hydrogen) atoms. The molecule has 0 radical (unpaired) electrons. The highest BCUT2D eigenvalue weighted by atomic mass is 32.2. The molecule has 0 N–H and O–H groups in total. The number of amides is 1. The number of likely N-dealkylation sites (tertiary alicyclic amines) is 1. The summed E-state index contributed by atoms with van der Waals surface area (Å²) < 4.78 is 82.0. The molecule has 0 saturated carbocycles. The number of rotatable bonds is 6. The number of alkyl halides is 3. The fraction of sp³-hybridized carbons (Fsp3) is 0.458. The Balaban J connectivity index is 1.82. The van der Waals surface area contributed by atoms with Gasteiger partial charge in [-0.2, -0.15) is 21.6 Å². The minimum Gasteiger partial charge on any atom is -0.496 e. The molecule has 2 aromatic carbocycles. The fourth-order valence-corrected chi connectivity index (χ4v) is 4.62. The number of halogens is 3. The van der Waals surface area contributed by atoms with Crippen molar-refractivity contribution in [2.75, 3.05) is 20.2 Å². The monoisotopic (exact) mass is 515 g/mol. The van der Waals surface area contributed by atoms with Crippen LogP contribution < -0.4 is 4.74 Å². The third-order valence-electron chi connectivity index (χ3n) is 5.36. The van der Waals surface area contributed by atoms with Gasteiger partial charge in [0.25, 0.3) is 10.1 Å². The van der Waals surface area contributed by atoms with Crippen molar-refractivity contribution >= 4 is 16.2 Å². The third-order valence-corrected chi connectivity index (χ3v) is 6.66.